The molecular weight excluding hydrogens is 324 g/mol. The minimum Gasteiger partial charge on any atom is -0.358 e. The van der Waals surface area contributed by atoms with Crippen LogP contribution in [0.5, 0.6) is 0 Å². The van der Waals surface area contributed by atoms with Gasteiger partial charge in [0, 0.05) is 53.6 Å². The van der Waals surface area contributed by atoms with E-state index in [0.717, 1.165) is 59.5 Å². The summed E-state index contributed by atoms with van der Waals surface area (Å²) in [6, 6.07) is 5.96. The van der Waals surface area contributed by atoms with Crippen molar-refractivity contribution in [1.29, 1.82) is 0 Å². The molecule has 1 aromatic carbocycles. The molecule has 0 unspecified atom stereocenters. The smallest absolute Gasteiger partial charge is 0.253 e. The van der Waals surface area contributed by atoms with Crippen molar-refractivity contribution >= 4 is 16.8 Å². The first-order valence-electron chi connectivity index (χ1n) is 9.19. The van der Waals surface area contributed by atoms with E-state index in [0.29, 0.717) is 5.92 Å². The van der Waals surface area contributed by atoms with Crippen molar-refractivity contribution < 1.29 is 4.79 Å². The zero-order valence-electron chi connectivity index (χ0n) is 15.5. The molecule has 1 amide bonds. The third-order valence-electron chi connectivity index (χ3n) is 5.53. The van der Waals surface area contributed by atoms with Crippen molar-refractivity contribution in [2.24, 2.45) is 0 Å². The molecular formula is C21H24N4O. The van der Waals surface area contributed by atoms with E-state index in [2.05, 4.69) is 28.8 Å². The number of hydrogen-bond donors (Lipinski definition) is 1. The number of nitrogens with zero attached hydrogens (tertiary/aromatic N) is 3. The van der Waals surface area contributed by atoms with E-state index in [4.69, 9.17) is 0 Å². The highest BCUT2D eigenvalue weighted by Crippen LogP contribution is 2.28. The number of piperidine rings is 1. The number of amides is 1. The molecule has 5 heteroatoms. The number of benzene rings is 1. The first-order valence-corrected chi connectivity index (χ1v) is 9.19. The minimum absolute atomic E-state index is 0.124. The zero-order valence-corrected chi connectivity index (χ0v) is 15.5. The van der Waals surface area contributed by atoms with Gasteiger partial charge in [0.05, 0.1) is 11.4 Å². The molecule has 0 bridgehead atoms. The Morgan fingerprint density at radius 2 is 1.92 bits per heavy atom. The molecule has 0 atom stereocenters. The molecule has 0 spiro atoms. The fourth-order valence-electron chi connectivity index (χ4n) is 3.83. The van der Waals surface area contributed by atoms with Gasteiger partial charge in [0.2, 0.25) is 0 Å². The van der Waals surface area contributed by atoms with Crippen molar-refractivity contribution in [2.45, 2.75) is 39.5 Å². The largest absolute Gasteiger partial charge is 0.358 e. The highest BCUT2D eigenvalue weighted by atomic mass is 16.2. The van der Waals surface area contributed by atoms with Crippen LogP contribution < -0.4 is 0 Å². The molecule has 3 aromatic rings. The Morgan fingerprint density at radius 1 is 1.15 bits per heavy atom. The summed E-state index contributed by atoms with van der Waals surface area (Å²) < 4.78 is 0. The van der Waals surface area contributed by atoms with Crippen LogP contribution in [-0.4, -0.2) is 38.8 Å². The standard InChI is InChI=1S/C21H24N4O/c1-13-11-22-12-20(23-13)16-6-8-25(9-7-16)21(26)17-4-5-19-18(10-17)14(2)15(3)24-19/h4-5,10-12,16,24H,6-9H2,1-3H3. The molecule has 1 aliphatic rings. The number of rotatable bonds is 2. The number of fused-ring (bicyclic) bond motifs is 1. The van der Waals surface area contributed by atoms with Crippen LogP contribution in [0.15, 0.2) is 30.6 Å². The molecule has 1 saturated heterocycles. The Hall–Kier alpha value is -2.69. The number of likely N-dealkylation sites (tertiary alicyclic amines) is 1. The number of carbonyl (C=O) groups excluding carboxylic acids is 1. The van der Waals surface area contributed by atoms with Gasteiger partial charge in [-0.05, 0) is 57.4 Å². The maximum Gasteiger partial charge on any atom is 0.253 e. The molecule has 134 valence electrons. The Bertz CT molecular complexity index is 967. The van der Waals surface area contributed by atoms with Gasteiger partial charge in [-0.25, -0.2) is 0 Å². The molecule has 4 rings (SSSR count). The highest BCUT2D eigenvalue weighted by Gasteiger charge is 2.25. The molecule has 2 aromatic heterocycles. The molecule has 3 heterocycles. The van der Waals surface area contributed by atoms with E-state index in [1.807, 2.05) is 36.2 Å². The predicted molar refractivity (Wildman–Crippen MR) is 102 cm³/mol. The number of aromatic nitrogens is 3. The molecule has 0 saturated carbocycles. The van der Waals surface area contributed by atoms with Gasteiger partial charge in [-0.2, -0.15) is 0 Å². The number of H-pyrrole nitrogens is 1. The molecule has 26 heavy (non-hydrogen) atoms. The second kappa shape index (κ2) is 6.56. The number of hydrogen-bond acceptors (Lipinski definition) is 3. The number of carbonyl (C=O) groups is 1. The number of nitrogens with one attached hydrogen (secondary N) is 1. The molecule has 0 aliphatic carbocycles. The van der Waals surface area contributed by atoms with Crippen LogP contribution in [-0.2, 0) is 0 Å². The van der Waals surface area contributed by atoms with Gasteiger partial charge in [0.25, 0.3) is 5.91 Å². The van der Waals surface area contributed by atoms with Crippen LogP contribution in [0.25, 0.3) is 10.9 Å². The highest BCUT2D eigenvalue weighted by molar-refractivity contribution is 5.99. The average molecular weight is 348 g/mol. The van der Waals surface area contributed by atoms with Crippen molar-refractivity contribution in [2.75, 3.05) is 13.1 Å². The summed E-state index contributed by atoms with van der Waals surface area (Å²) in [5, 5.41) is 1.14. The van der Waals surface area contributed by atoms with Gasteiger partial charge >= 0.3 is 0 Å². The van der Waals surface area contributed by atoms with Crippen LogP contribution in [0.2, 0.25) is 0 Å². The number of aromatic amines is 1. The first-order chi connectivity index (χ1) is 12.5. The fraction of sp³-hybridized carbons (Fsp3) is 0.381. The monoisotopic (exact) mass is 348 g/mol. The van der Waals surface area contributed by atoms with Gasteiger partial charge < -0.3 is 9.88 Å². The Morgan fingerprint density at radius 3 is 2.65 bits per heavy atom. The summed E-state index contributed by atoms with van der Waals surface area (Å²) in [5.41, 5.74) is 6.24. The number of aryl methyl sites for hydroxylation is 3. The third kappa shape index (κ3) is 2.98. The predicted octanol–water partition coefficient (Wildman–Crippen LogP) is 3.90. The summed E-state index contributed by atoms with van der Waals surface area (Å²) in [4.78, 5) is 27.1. The minimum atomic E-state index is 0.124. The van der Waals surface area contributed by atoms with Crippen molar-refractivity contribution in [1.82, 2.24) is 19.9 Å². The maximum atomic E-state index is 12.9. The van der Waals surface area contributed by atoms with E-state index in [-0.39, 0.29) is 5.91 Å². The lowest BCUT2D eigenvalue weighted by Gasteiger charge is -2.31. The maximum absolute atomic E-state index is 12.9. The normalized spacial score (nSPS) is 15.6. The topological polar surface area (TPSA) is 61.9 Å². The lowest BCUT2D eigenvalue weighted by Crippen LogP contribution is -2.38. The second-order valence-electron chi connectivity index (χ2n) is 7.29. The lowest BCUT2D eigenvalue weighted by atomic mass is 9.93. The third-order valence-corrected chi connectivity index (χ3v) is 5.53. The van der Waals surface area contributed by atoms with Crippen LogP contribution in [0, 0.1) is 20.8 Å². The van der Waals surface area contributed by atoms with Gasteiger partial charge in [-0.1, -0.05) is 0 Å². The lowest BCUT2D eigenvalue weighted by molar-refractivity contribution is 0.0712. The SMILES string of the molecule is Cc1cncc(C2CCN(C(=O)c3ccc4[nH]c(C)c(C)c4c3)CC2)n1. The summed E-state index contributed by atoms with van der Waals surface area (Å²) in [6.45, 7) is 7.66. The Labute approximate surface area is 153 Å². The summed E-state index contributed by atoms with van der Waals surface area (Å²) in [7, 11) is 0. The Balaban J connectivity index is 1.49. The summed E-state index contributed by atoms with van der Waals surface area (Å²) in [5.74, 6) is 0.516. The zero-order chi connectivity index (χ0) is 18.3. The molecule has 1 fully saturated rings. The van der Waals surface area contributed by atoms with E-state index in [9.17, 15) is 4.79 Å². The molecule has 0 radical (unpaired) electrons. The van der Waals surface area contributed by atoms with Gasteiger partial charge in [0.15, 0.2) is 0 Å². The van der Waals surface area contributed by atoms with Gasteiger partial charge in [-0.15, -0.1) is 0 Å². The van der Waals surface area contributed by atoms with Gasteiger partial charge in [-0.3, -0.25) is 14.8 Å². The van der Waals surface area contributed by atoms with E-state index >= 15 is 0 Å². The van der Waals surface area contributed by atoms with Crippen LogP contribution >= 0.6 is 0 Å². The van der Waals surface area contributed by atoms with Crippen molar-refractivity contribution in [3.8, 4) is 0 Å². The summed E-state index contributed by atoms with van der Waals surface area (Å²) >= 11 is 0. The van der Waals surface area contributed by atoms with Crippen LogP contribution in [0.1, 0.15) is 51.8 Å². The van der Waals surface area contributed by atoms with Crippen molar-refractivity contribution in [3.05, 3.63) is 58.8 Å². The van der Waals surface area contributed by atoms with Crippen molar-refractivity contribution in [3.63, 3.8) is 0 Å². The van der Waals surface area contributed by atoms with Crippen LogP contribution in [0.3, 0.4) is 0 Å². The molecule has 5 nitrogen and oxygen atoms in total. The fourth-order valence-corrected chi connectivity index (χ4v) is 3.83. The van der Waals surface area contributed by atoms with E-state index in [1.165, 1.54) is 5.56 Å². The second-order valence-corrected chi connectivity index (χ2v) is 7.29. The first kappa shape index (κ1) is 16.8. The van der Waals surface area contributed by atoms with E-state index in [1.54, 1.807) is 6.20 Å². The quantitative estimate of drug-likeness (QED) is 0.764. The molecule has 1 N–H and O–H groups in total. The Kier molecular flexibility index (Phi) is 4.23. The van der Waals surface area contributed by atoms with Crippen LogP contribution in [0.4, 0.5) is 0 Å². The van der Waals surface area contributed by atoms with E-state index < -0.39 is 0 Å². The average Bonchev–Trinajstić information content (AvgIpc) is 2.95. The summed E-state index contributed by atoms with van der Waals surface area (Å²) in [6.07, 6.45) is 5.52. The van der Waals surface area contributed by atoms with Gasteiger partial charge in [0.1, 0.15) is 0 Å². The molecule has 1 aliphatic heterocycles.